The Labute approximate surface area is 113 Å². The Morgan fingerprint density at radius 3 is 2.28 bits per heavy atom. The molecule has 18 heavy (non-hydrogen) atoms. The molecule has 1 saturated heterocycles. The molecule has 0 aromatic rings. The molecule has 0 saturated carbocycles. The van der Waals surface area contributed by atoms with Gasteiger partial charge >= 0.3 is 0 Å². The van der Waals surface area contributed by atoms with Gasteiger partial charge in [-0.3, -0.25) is 0 Å². The van der Waals surface area contributed by atoms with E-state index >= 15 is 0 Å². The summed E-state index contributed by atoms with van der Waals surface area (Å²) in [5, 5.41) is 3.50. The highest BCUT2D eigenvalue weighted by molar-refractivity contribution is 5.04. The molecule has 0 aromatic carbocycles. The van der Waals surface area contributed by atoms with Gasteiger partial charge < -0.3 is 10.1 Å². The van der Waals surface area contributed by atoms with Gasteiger partial charge in [0.05, 0.1) is 11.2 Å². The van der Waals surface area contributed by atoms with Crippen LogP contribution in [0.4, 0.5) is 0 Å². The Bertz CT molecular complexity index is 297. The van der Waals surface area contributed by atoms with Crippen molar-refractivity contribution in [3.05, 3.63) is 12.2 Å². The highest BCUT2D eigenvalue weighted by atomic mass is 16.5. The van der Waals surface area contributed by atoms with Crippen LogP contribution in [0.5, 0.6) is 0 Å². The Morgan fingerprint density at radius 2 is 1.83 bits per heavy atom. The van der Waals surface area contributed by atoms with Crippen LogP contribution in [0, 0.1) is 5.92 Å². The molecule has 0 amide bonds. The largest absolute Gasteiger partial charge is 0.369 e. The Morgan fingerprint density at radius 1 is 1.22 bits per heavy atom. The highest BCUT2D eigenvalue weighted by Gasteiger charge is 2.44. The number of rotatable bonds is 4. The summed E-state index contributed by atoms with van der Waals surface area (Å²) in [7, 11) is 0. The van der Waals surface area contributed by atoms with Crippen molar-refractivity contribution in [2.45, 2.75) is 78.0 Å². The van der Waals surface area contributed by atoms with E-state index < -0.39 is 0 Å². The van der Waals surface area contributed by atoms with E-state index in [-0.39, 0.29) is 16.7 Å². The van der Waals surface area contributed by atoms with Crippen LogP contribution >= 0.6 is 0 Å². The molecule has 2 nitrogen and oxygen atoms in total. The first-order chi connectivity index (χ1) is 8.02. The van der Waals surface area contributed by atoms with Crippen molar-refractivity contribution < 1.29 is 4.74 Å². The third-order valence-corrected chi connectivity index (χ3v) is 3.48. The van der Waals surface area contributed by atoms with E-state index in [1.54, 1.807) is 0 Å². The molecule has 2 heteroatoms. The maximum absolute atomic E-state index is 6.09. The van der Waals surface area contributed by atoms with Crippen molar-refractivity contribution in [2.75, 3.05) is 6.54 Å². The fraction of sp³-hybridized carbons (Fsp3) is 0.875. The topological polar surface area (TPSA) is 21.3 Å². The van der Waals surface area contributed by atoms with Gasteiger partial charge in [0.15, 0.2) is 0 Å². The zero-order chi connectivity index (χ0) is 14.0. The predicted octanol–water partition coefficient (Wildman–Crippen LogP) is 3.91. The molecule has 0 radical (unpaired) electrons. The molecule has 0 aliphatic carbocycles. The Balaban J connectivity index is 2.39. The van der Waals surface area contributed by atoms with E-state index in [9.17, 15) is 0 Å². The number of hydrogen-bond acceptors (Lipinski definition) is 2. The van der Waals surface area contributed by atoms with E-state index in [0.29, 0.717) is 5.92 Å². The van der Waals surface area contributed by atoms with Crippen LogP contribution in [0.25, 0.3) is 0 Å². The Hall–Kier alpha value is -0.340. The zero-order valence-corrected chi connectivity index (χ0v) is 13.3. The summed E-state index contributed by atoms with van der Waals surface area (Å²) in [4.78, 5) is 0. The van der Waals surface area contributed by atoms with Crippen LogP contribution in [-0.2, 0) is 4.74 Å². The molecule has 1 atom stereocenters. The number of hydrogen-bond donors (Lipinski definition) is 1. The van der Waals surface area contributed by atoms with Crippen molar-refractivity contribution in [1.82, 2.24) is 5.32 Å². The molecular formula is C16H31NO. The van der Waals surface area contributed by atoms with Crippen molar-refractivity contribution in [1.29, 1.82) is 0 Å². The summed E-state index contributed by atoms with van der Waals surface area (Å²) in [6.07, 6.45) is 6.85. The lowest BCUT2D eigenvalue weighted by atomic mass is 9.87. The molecule has 1 aliphatic rings. The van der Waals surface area contributed by atoms with Gasteiger partial charge in [0.2, 0.25) is 0 Å². The zero-order valence-electron chi connectivity index (χ0n) is 13.3. The van der Waals surface area contributed by atoms with Gasteiger partial charge in [0, 0.05) is 11.5 Å². The molecule has 0 bridgehead atoms. The van der Waals surface area contributed by atoms with Gasteiger partial charge in [-0.15, -0.1) is 0 Å². The minimum absolute atomic E-state index is 0.0160. The van der Waals surface area contributed by atoms with Gasteiger partial charge in [0.1, 0.15) is 0 Å². The average Bonchev–Trinajstić information content (AvgIpc) is 2.31. The van der Waals surface area contributed by atoms with E-state index in [4.69, 9.17) is 4.74 Å². The summed E-state index contributed by atoms with van der Waals surface area (Å²) in [5.41, 5.74) is 0.200. The van der Waals surface area contributed by atoms with Crippen LogP contribution in [0.15, 0.2) is 12.2 Å². The third-order valence-electron chi connectivity index (χ3n) is 3.48. The normalized spacial score (nSPS) is 26.9. The van der Waals surface area contributed by atoms with Gasteiger partial charge in [0.25, 0.3) is 0 Å². The fourth-order valence-corrected chi connectivity index (χ4v) is 2.70. The molecule has 1 rings (SSSR count). The lowest BCUT2D eigenvalue weighted by molar-refractivity contribution is -0.0706. The molecular weight excluding hydrogens is 222 g/mol. The van der Waals surface area contributed by atoms with Gasteiger partial charge in [-0.1, -0.05) is 12.2 Å². The molecule has 0 aromatic heterocycles. The molecule has 1 N–H and O–H groups in total. The maximum atomic E-state index is 6.09. The minimum atomic E-state index is -0.0303. The standard InChI is InChI=1S/C16H31NO/c1-14(2,3)17-11-9-8-10-13-12-15(4,5)18-16(13,6)7/h8,10,13,17H,9,11-12H2,1-7H3/b10-8+. The lowest BCUT2D eigenvalue weighted by Gasteiger charge is -2.26. The SMILES string of the molecule is CC(C)(C)NCC/C=C/C1CC(C)(C)OC1(C)C. The van der Waals surface area contributed by atoms with Crippen LogP contribution < -0.4 is 5.32 Å². The molecule has 1 aliphatic heterocycles. The van der Waals surface area contributed by atoms with Crippen molar-refractivity contribution >= 4 is 0 Å². The summed E-state index contributed by atoms with van der Waals surface area (Å²) in [6.45, 7) is 16.4. The van der Waals surface area contributed by atoms with Crippen molar-refractivity contribution in [3.63, 3.8) is 0 Å². The molecule has 106 valence electrons. The summed E-state index contributed by atoms with van der Waals surface area (Å²) < 4.78 is 6.09. The van der Waals surface area contributed by atoms with E-state index in [1.165, 1.54) is 0 Å². The quantitative estimate of drug-likeness (QED) is 0.606. The highest BCUT2D eigenvalue weighted by Crippen LogP contribution is 2.42. The van der Waals surface area contributed by atoms with Crippen molar-refractivity contribution in [3.8, 4) is 0 Å². The van der Waals surface area contributed by atoms with Crippen molar-refractivity contribution in [2.24, 2.45) is 5.92 Å². The molecule has 1 unspecified atom stereocenters. The fourth-order valence-electron chi connectivity index (χ4n) is 2.70. The van der Waals surface area contributed by atoms with E-state index in [0.717, 1.165) is 19.4 Å². The molecule has 1 fully saturated rings. The van der Waals surface area contributed by atoms with E-state index in [1.807, 2.05) is 0 Å². The number of nitrogens with one attached hydrogen (secondary N) is 1. The first-order valence-corrected chi connectivity index (χ1v) is 7.14. The summed E-state index contributed by atoms with van der Waals surface area (Å²) in [6, 6.07) is 0. The van der Waals surface area contributed by atoms with Crippen LogP contribution in [0.1, 0.15) is 61.3 Å². The lowest BCUT2D eigenvalue weighted by Crippen LogP contribution is -2.36. The third kappa shape index (κ3) is 5.11. The van der Waals surface area contributed by atoms with Crippen LogP contribution in [0.2, 0.25) is 0 Å². The summed E-state index contributed by atoms with van der Waals surface area (Å²) in [5.74, 6) is 0.530. The smallest absolute Gasteiger partial charge is 0.0697 e. The minimum Gasteiger partial charge on any atom is -0.369 e. The second kappa shape index (κ2) is 5.34. The van der Waals surface area contributed by atoms with Gasteiger partial charge in [-0.2, -0.15) is 0 Å². The van der Waals surface area contributed by atoms with Crippen LogP contribution in [-0.4, -0.2) is 23.3 Å². The van der Waals surface area contributed by atoms with Crippen LogP contribution in [0.3, 0.4) is 0 Å². The monoisotopic (exact) mass is 253 g/mol. The maximum Gasteiger partial charge on any atom is 0.0697 e. The molecule has 0 spiro atoms. The second-order valence-electron chi connectivity index (χ2n) is 7.67. The average molecular weight is 253 g/mol. The first-order valence-electron chi connectivity index (χ1n) is 7.14. The van der Waals surface area contributed by atoms with E-state index in [2.05, 4.69) is 65.9 Å². The molecule has 1 heterocycles. The summed E-state index contributed by atoms with van der Waals surface area (Å²) >= 11 is 0. The predicted molar refractivity (Wildman–Crippen MR) is 78.9 cm³/mol. The second-order valence-corrected chi connectivity index (χ2v) is 7.67. The van der Waals surface area contributed by atoms with Gasteiger partial charge in [-0.25, -0.2) is 0 Å². The number of ether oxygens (including phenoxy) is 1. The first kappa shape index (κ1) is 15.7. The Kier molecular flexibility index (Phi) is 4.66. The van der Waals surface area contributed by atoms with Gasteiger partial charge in [-0.05, 0) is 67.9 Å².